The third-order valence-corrected chi connectivity index (χ3v) is 2.72. The monoisotopic (exact) mass is 240 g/mol. The molecule has 1 aromatic carbocycles. The van der Waals surface area contributed by atoms with Crippen LogP contribution in [0.4, 0.5) is 5.69 Å². The van der Waals surface area contributed by atoms with E-state index in [0.717, 1.165) is 11.3 Å². The van der Waals surface area contributed by atoms with Crippen LogP contribution in [-0.4, -0.2) is 4.98 Å². The summed E-state index contributed by atoms with van der Waals surface area (Å²) in [5.41, 5.74) is 1.94. The summed E-state index contributed by atoms with van der Waals surface area (Å²) in [6.45, 7) is 0.701. The predicted octanol–water partition coefficient (Wildman–Crippen LogP) is 3.93. The summed E-state index contributed by atoms with van der Waals surface area (Å²) in [5, 5.41) is 4.47. The van der Waals surface area contributed by atoms with Crippen LogP contribution in [0, 0.1) is 0 Å². The summed E-state index contributed by atoms with van der Waals surface area (Å²) in [7, 11) is 0. The van der Waals surface area contributed by atoms with E-state index in [1.54, 1.807) is 0 Å². The highest BCUT2D eigenvalue weighted by Crippen LogP contribution is 2.30. The highest BCUT2D eigenvalue weighted by atomic mass is 35.5. The van der Waals surface area contributed by atoms with Crippen molar-refractivity contribution < 1.29 is 0 Å². The van der Waals surface area contributed by atoms with Crippen LogP contribution in [0.15, 0.2) is 36.7 Å². The summed E-state index contributed by atoms with van der Waals surface area (Å²) in [6.07, 6.45) is 3.81. The van der Waals surface area contributed by atoms with Crippen LogP contribution in [0.2, 0.25) is 10.0 Å². The maximum atomic E-state index is 6.01. The molecule has 0 spiro atoms. The topological polar surface area (TPSA) is 27.8 Å². The van der Waals surface area contributed by atoms with Crippen LogP contribution in [0.1, 0.15) is 5.56 Å². The van der Waals surface area contributed by atoms with Gasteiger partial charge in [-0.05, 0) is 23.8 Å². The molecule has 0 fully saturated rings. The smallest absolute Gasteiger partial charge is 0.0721 e. The van der Waals surface area contributed by atoms with Gasteiger partial charge < -0.3 is 10.3 Å². The normalized spacial score (nSPS) is 10.3. The molecule has 0 saturated heterocycles. The van der Waals surface area contributed by atoms with Gasteiger partial charge in [-0.25, -0.2) is 0 Å². The van der Waals surface area contributed by atoms with Gasteiger partial charge in [0.05, 0.1) is 15.7 Å². The third kappa shape index (κ3) is 2.46. The summed E-state index contributed by atoms with van der Waals surface area (Å²) in [6, 6.07) is 7.45. The van der Waals surface area contributed by atoms with Gasteiger partial charge in [-0.2, -0.15) is 0 Å². The number of aromatic amines is 1. The number of aromatic nitrogens is 1. The van der Waals surface area contributed by atoms with Gasteiger partial charge in [-0.15, -0.1) is 0 Å². The Morgan fingerprint density at radius 2 is 1.87 bits per heavy atom. The maximum absolute atomic E-state index is 6.01. The summed E-state index contributed by atoms with van der Waals surface area (Å²) in [5.74, 6) is 0. The minimum Gasteiger partial charge on any atom is -0.378 e. The fraction of sp³-hybridized carbons (Fsp3) is 0.0909. The molecule has 2 nitrogen and oxygen atoms in total. The zero-order valence-electron chi connectivity index (χ0n) is 7.93. The molecule has 0 unspecified atom stereocenters. The molecule has 0 atom stereocenters. The zero-order valence-corrected chi connectivity index (χ0v) is 9.44. The molecule has 0 aliphatic heterocycles. The van der Waals surface area contributed by atoms with E-state index in [9.17, 15) is 0 Å². The second kappa shape index (κ2) is 4.60. The van der Waals surface area contributed by atoms with Gasteiger partial charge in [0, 0.05) is 18.9 Å². The van der Waals surface area contributed by atoms with Gasteiger partial charge in [-0.3, -0.25) is 0 Å². The average molecular weight is 241 g/mol. The Labute approximate surface area is 98.2 Å². The fourth-order valence-electron chi connectivity index (χ4n) is 1.33. The summed E-state index contributed by atoms with van der Waals surface area (Å²) in [4.78, 5) is 2.99. The van der Waals surface area contributed by atoms with Crippen LogP contribution in [0.25, 0.3) is 0 Å². The Bertz CT molecular complexity index is 418. The number of H-pyrrole nitrogens is 1. The Morgan fingerprint density at radius 1 is 1.13 bits per heavy atom. The van der Waals surface area contributed by atoms with E-state index >= 15 is 0 Å². The third-order valence-electron chi connectivity index (χ3n) is 2.09. The number of hydrogen-bond donors (Lipinski definition) is 2. The largest absolute Gasteiger partial charge is 0.378 e. The number of anilines is 1. The van der Waals surface area contributed by atoms with Crippen molar-refractivity contribution in [1.29, 1.82) is 0 Å². The first kappa shape index (κ1) is 10.4. The first-order valence-electron chi connectivity index (χ1n) is 4.57. The minimum absolute atomic E-state index is 0.637. The lowest BCUT2D eigenvalue weighted by molar-refractivity contribution is 1.15. The first-order valence-corrected chi connectivity index (χ1v) is 5.32. The van der Waals surface area contributed by atoms with Crippen LogP contribution in [-0.2, 0) is 6.54 Å². The second-order valence-corrected chi connectivity index (χ2v) is 3.98. The first-order chi connectivity index (χ1) is 7.27. The van der Waals surface area contributed by atoms with Gasteiger partial charge in [0.2, 0.25) is 0 Å². The standard InChI is InChI=1S/C11H10Cl2N2/c12-9-2-1-3-10(13)11(9)15-7-8-4-5-14-6-8/h1-6,14-15H,7H2. The SMILES string of the molecule is Clc1cccc(Cl)c1NCc1cc[nH]c1. The average Bonchev–Trinajstić information content (AvgIpc) is 2.70. The molecule has 4 heteroatoms. The summed E-state index contributed by atoms with van der Waals surface area (Å²) >= 11 is 12.0. The van der Waals surface area contributed by atoms with E-state index < -0.39 is 0 Å². The minimum atomic E-state index is 0.637. The lowest BCUT2D eigenvalue weighted by atomic mass is 10.3. The van der Waals surface area contributed by atoms with Crippen LogP contribution >= 0.6 is 23.2 Å². The van der Waals surface area contributed by atoms with E-state index in [0.29, 0.717) is 16.6 Å². The molecule has 2 rings (SSSR count). The number of halogens is 2. The molecule has 0 aliphatic carbocycles. The second-order valence-electron chi connectivity index (χ2n) is 3.17. The van der Waals surface area contributed by atoms with Crippen molar-refractivity contribution in [2.45, 2.75) is 6.54 Å². The molecule has 15 heavy (non-hydrogen) atoms. The Balaban J connectivity index is 2.11. The molecular weight excluding hydrogens is 231 g/mol. The van der Waals surface area contributed by atoms with Crippen molar-refractivity contribution in [2.75, 3.05) is 5.32 Å². The lowest BCUT2D eigenvalue weighted by Gasteiger charge is -2.08. The Kier molecular flexibility index (Phi) is 3.19. The number of benzene rings is 1. The van der Waals surface area contributed by atoms with Gasteiger partial charge in [0.1, 0.15) is 0 Å². The maximum Gasteiger partial charge on any atom is 0.0721 e. The molecule has 0 radical (unpaired) electrons. The predicted molar refractivity (Wildman–Crippen MR) is 64.6 cm³/mol. The highest BCUT2D eigenvalue weighted by Gasteiger charge is 2.04. The van der Waals surface area contributed by atoms with Gasteiger partial charge >= 0.3 is 0 Å². The van der Waals surface area contributed by atoms with Crippen molar-refractivity contribution in [2.24, 2.45) is 0 Å². The molecule has 1 heterocycles. The Morgan fingerprint density at radius 3 is 2.47 bits per heavy atom. The number of hydrogen-bond acceptors (Lipinski definition) is 1. The van der Waals surface area contributed by atoms with Gasteiger partial charge in [0.25, 0.3) is 0 Å². The fourth-order valence-corrected chi connectivity index (χ4v) is 1.86. The Hall–Kier alpha value is -1.12. The molecule has 0 amide bonds. The zero-order chi connectivity index (χ0) is 10.7. The van der Waals surface area contributed by atoms with Gasteiger partial charge in [-0.1, -0.05) is 29.3 Å². The van der Waals surface area contributed by atoms with Crippen molar-refractivity contribution in [3.8, 4) is 0 Å². The molecule has 2 aromatic rings. The molecule has 0 aliphatic rings. The lowest BCUT2D eigenvalue weighted by Crippen LogP contribution is -1.99. The van der Waals surface area contributed by atoms with Crippen LogP contribution < -0.4 is 5.32 Å². The van der Waals surface area contributed by atoms with E-state index in [-0.39, 0.29) is 0 Å². The molecule has 0 bridgehead atoms. The summed E-state index contributed by atoms with van der Waals surface area (Å²) < 4.78 is 0. The number of nitrogens with one attached hydrogen (secondary N) is 2. The van der Waals surface area contributed by atoms with E-state index in [1.165, 1.54) is 0 Å². The van der Waals surface area contributed by atoms with Crippen molar-refractivity contribution in [1.82, 2.24) is 4.98 Å². The molecule has 1 aromatic heterocycles. The number of para-hydroxylation sites is 1. The quantitative estimate of drug-likeness (QED) is 0.836. The van der Waals surface area contributed by atoms with E-state index in [2.05, 4.69) is 10.3 Å². The van der Waals surface area contributed by atoms with E-state index in [1.807, 2.05) is 36.7 Å². The van der Waals surface area contributed by atoms with Crippen molar-refractivity contribution >= 4 is 28.9 Å². The number of rotatable bonds is 3. The molecular formula is C11H10Cl2N2. The van der Waals surface area contributed by atoms with Crippen molar-refractivity contribution in [3.63, 3.8) is 0 Å². The highest BCUT2D eigenvalue weighted by molar-refractivity contribution is 6.39. The van der Waals surface area contributed by atoms with Crippen LogP contribution in [0.5, 0.6) is 0 Å². The molecule has 78 valence electrons. The van der Waals surface area contributed by atoms with Crippen molar-refractivity contribution in [3.05, 3.63) is 52.3 Å². The molecule has 2 N–H and O–H groups in total. The van der Waals surface area contributed by atoms with Gasteiger partial charge in [0.15, 0.2) is 0 Å². The molecule has 0 saturated carbocycles. The van der Waals surface area contributed by atoms with E-state index in [4.69, 9.17) is 23.2 Å². The van der Waals surface area contributed by atoms with Crippen LogP contribution in [0.3, 0.4) is 0 Å².